The summed E-state index contributed by atoms with van der Waals surface area (Å²) in [7, 11) is 2.12. The summed E-state index contributed by atoms with van der Waals surface area (Å²) in [6, 6.07) is 6.17. The molecule has 1 aromatic rings. The minimum atomic E-state index is -0.262. The molecule has 1 fully saturated rings. The van der Waals surface area contributed by atoms with Crippen LogP contribution in [0.25, 0.3) is 0 Å². The van der Waals surface area contributed by atoms with Gasteiger partial charge in [0.05, 0.1) is 6.54 Å². The third-order valence-electron chi connectivity index (χ3n) is 4.11. The number of hydrogen-bond donors (Lipinski definition) is 0. The summed E-state index contributed by atoms with van der Waals surface area (Å²) in [5.74, 6) is -0.0704. The van der Waals surface area contributed by atoms with Gasteiger partial charge in [-0.05, 0) is 38.6 Å². The number of ketones is 1. The molecule has 1 aliphatic heterocycles. The maximum Gasteiger partial charge on any atom is 0.151 e. The van der Waals surface area contributed by atoms with Crippen molar-refractivity contribution in [3.8, 4) is 0 Å². The van der Waals surface area contributed by atoms with E-state index in [9.17, 15) is 9.18 Å². The molecule has 1 aromatic carbocycles. The molecule has 3 nitrogen and oxygen atoms in total. The van der Waals surface area contributed by atoms with E-state index >= 15 is 0 Å². The van der Waals surface area contributed by atoms with Crippen molar-refractivity contribution >= 4 is 5.78 Å². The van der Waals surface area contributed by atoms with Crippen LogP contribution in [-0.4, -0.2) is 54.3 Å². The molecular formula is C16H23FN2O. The molecule has 4 heteroatoms. The van der Waals surface area contributed by atoms with E-state index in [1.807, 2.05) is 0 Å². The van der Waals surface area contributed by atoms with Gasteiger partial charge < -0.3 is 0 Å². The van der Waals surface area contributed by atoms with Gasteiger partial charge in [-0.15, -0.1) is 0 Å². The first-order valence-electron chi connectivity index (χ1n) is 7.06. The van der Waals surface area contributed by atoms with Crippen molar-refractivity contribution in [3.63, 3.8) is 0 Å². The standard InChI is InChI=1S/C16H23FN2O/c1-16(2)12-19(9-8-18(16)3)11-15(20)10-13-4-6-14(17)7-5-13/h4-7H,8-12H2,1-3H3. The maximum absolute atomic E-state index is 12.8. The molecule has 0 aliphatic carbocycles. The van der Waals surface area contributed by atoms with Gasteiger partial charge in [-0.1, -0.05) is 12.1 Å². The van der Waals surface area contributed by atoms with E-state index < -0.39 is 0 Å². The molecule has 20 heavy (non-hydrogen) atoms. The average Bonchev–Trinajstić information content (AvgIpc) is 2.36. The number of nitrogens with zero attached hydrogens (tertiary/aromatic N) is 2. The van der Waals surface area contributed by atoms with Crippen molar-refractivity contribution in [1.82, 2.24) is 9.80 Å². The lowest BCUT2D eigenvalue weighted by atomic mass is 9.99. The molecule has 0 N–H and O–H groups in total. The molecule has 2 rings (SSSR count). The van der Waals surface area contributed by atoms with Crippen LogP contribution in [0.1, 0.15) is 19.4 Å². The number of hydrogen-bond acceptors (Lipinski definition) is 3. The van der Waals surface area contributed by atoms with Crippen molar-refractivity contribution in [3.05, 3.63) is 35.6 Å². The highest BCUT2D eigenvalue weighted by Crippen LogP contribution is 2.18. The first-order chi connectivity index (χ1) is 9.37. The van der Waals surface area contributed by atoms with Crippen LogP contribution in [0.15, 0.2) is 24.3 Å². The SMILES string of the molecule is CN1CCN(CC(=O)Cc2ccc(F)cc2)CC1(C)C. The Morgan fingerprint density at radius 2 is 1.90 bits per heavy atom. The Hall–Kier alpha value is -1.26. The molecule has 0 atom stereocenters. The molecular weight excluding hydrogens is 255 g/mol. The second-order valence-corrected chi connectivity index (χ2v) is 6.29. The molecule has 1 aliphatic rings. The van der Waals surface area contributed by atoms with Gasteiger partial charge in [-0.3, -0.25) is 14.6 Å². The Morgan fingerprint density at radius 3 is 2.50 bits per heavy atom. The summed E-state index contributed by atoms with van der Waals surface area (Å²) >= 11 is 0. The molecule has 110 valence electrons. The quantitative estimate of drug-likeness (QED) is 0.841. The second-order valence-electron chi connectivity index (χ2n) is 6.29. The average molecular weight is 278 g/mol. The maximum atomic E-state index is 12.8. The summed E-state index contributed by atoms with van der Waals surface area (Å²) in [5.41, 5.74) is 0.985. The van der Waals surface area contributed by atoms with Gasteiger partial charge in [0.15, 0.2) is 5.78 Å². The zero-order chi connectivity index (χ0) is 14.8. The third kappa shape index (κ3) is 3.87. The summed E-state index contributed by atoms with van der Waals surface area (Å²) < 4.78 is 12.8. The van der Waals surface area contributed by atoms with Gasteiger partial charge in [0.2, 0.25) is 0 Å². The number of halogens is 1. The topological polar surface area (TPSA) is 23.6 Å². The lowest BCUT2D eigenvalue weighted by molar-refractivity contribution is -0.120. The minimum absolute atomic E-state index is 0.106. The van der Waals surface area contributed by atoms with Gasteiger partial charge >= 0.3 is 0 Å². The molecule has 1 heterocycles. The summed E-state index contributed by atoms with van der Waals surface area (Å²) in [6.45, 7) is 7.69. The Balaban J connectivity index is 1.87. The predicted molar refractivity (Wildman–Crippen MR) is 78.3 cm³/mol. The van der Waals surface area contributed by atoms with Crippen molar-refractivity contribution in [2.75, 3.05) is 33.2 Å². The summed E-state index contributed by atoms with van der Waals surface area (Å²) in [4.78, 5) is 16.7. The zero-order valence-corrected chi connectivity index (χ0v) is 12.5. The van der Waals surface area contributed by atoms with Crippen LogP contribution in [0, 0.1) is 5.82 Å². The fourth-order valence-electron chi connectivity index (χ4n) is 2.61. The number of piperazine rings is 1. The monoisotopic (exact) mass is 278 g/mol. The van der Waals surface area contributed by atoms with Gasteiger partial charge in [0.1, 0.15) is 5.82 Å². The first-order valence-corrected chi connectivity index (χ1v) is 7.06. The van der Waals surface area contributed by atoms with E-state index in [0.29, 0.717) is 13.0 Å². The molecule has 0 saturated carbocycles. The Morgan fingerprint density at radius 1 is 1.25 bits per heavy atom. The van der Waals surface area contributed by atoms with E-state index in [1.54, 1.807) is 12.1 Å². The molecule has 0 radical (unpaired) electrons. The van der Waals surface area contributed by atoms with E-state index in [4.69, 9.17) is 0 Å². The van der Waals surface area contributed by atoms with Crippen LogP contribution >= 0.6 is 0 Å². The first kappa shape index (κ1) is 15.1. The van der Waals surface area contributed by atoms with E-state index in [-0.39, 0.29) is 17.1 Å². The second kappa shape index (κ2) is 6.02. The lowest BCUT2D eigenvalue weighted by Crippen LogP contribution is -2.58. The van der Waals surface area contributed by atoms with Crippen LogP contribution in [-0.2, 0) is 11.2 Å². The number of likely N-dealkylation sites (N-methyl/N-ethyl adjacent to an activating group) is 1. The third-order valence-corrected chi connectivity index (χ3v) is 4.11. The minimum Gasteiger partial charge on any atom is -0.299 e. The number of carbonyl (C=O) groups excluding carboxylic acids is 1. The van der Waals surface area contributed by atoms with Crippen LogP contribution in [0.5, 0.6) is 0 Å². The highest BCUT2D eigenvalue weighted by atomic mass is 19.1. The molecule has 1 saturated heterocycles. The lowest BCUT2D eigenvalue weighted by Gasteiger charge is -2.45. The van der Waals surface area contributed by atoms with Gasteiger partial charge in [0.25, 0.3) is 0 Å². The molecule has 0 aromatic heterocycles. The highest BCUT2D eigenvalue weighted by molar-refractivity contribution is 5.82. The van der Waals surface area contributed by atoms with Crippen molar-refractivity contribution in [1.29, 1.82) is 0 Å². The Labute approximate surface area is 120 Å². The van der Waals surface area contributed by atoms with Crippen LogP contribution in [0.3, 0.4) is 0 Å². The van der Waals surface area contributed by atoms with Crippen molar-refractivity contribution < 1.29 is 9.18 Å². The molecule has 0 amide bonds. The van der Waals surface area contributed by atoms with Crippen LogP contribution < -0.4 is 0 Å². The van der Waals surface area contributed by atoms with E-state index in [0.717, 1.165) is 25.2 Å². The van der Waals surface area contributed by atoms with E-state index in [1.165, 1.54) is 12.1 Å². The molecule has 0 unspecified atom stereocenters. The number of benzene rings is 1. The van der Waals surface area contributed by atoms with Crippen LogP contribution in [0.2, 0.25) is 0 Å². The number of Topliss-reactive ketones (excluding diaryl/α,β-unsaturated/α-hetero) is 1. The molecule has 0 spiro atoms. The Kier molecular flexibility index (Phi) is 4.55. The van der Waals surface area contributed by atoms with Crippen molar-refractivity contribution in [2.45, 2.75) is 25.8 Å². The molecule has 0 bridgehead atoms. The van der Waals surface area contributed by atoms with Crippen molar-refractivity contribution in [2.24, 2.45) is 0 Å². The van der Waals surface area contributed by atoms with Gasteiger partial charge in [-0.2, -0.15) is 0 Å². The largest absolute Gasteiger partial charge is 0.299 e. The fourth-order valence-corrected chi connectivity index (χ4v) is 2.61. The highest BCUT2D eigenvalue weighted by Gasteiger charge is 2.31. The summed E-state index contributed by atoms with van der Waals surface area (Å²) in [6.07, 6.45) is 0.382. The zero-order valence-electron chi connectivity index (χ0n) is 12.5. The number of carbonyl (C=O) groups is 1. The van der Waals surface area contributed by atoms with Crippen LogP contribution in [0.4, 0.5) is 4.39 Å². The van der Waals surface area contributed by atoms with Gasteiger partial charge in [-0.25, -0.2) is 4.39 Å². The van der Waals surface area contributed by atoms with E-state index in [2.05, 4.69) is 30.7 Å². The summed E-state index contributed by atoms with van der Waals surface area (Å²) in [5, 5.41) is 0. The van der Waals surface area contributed by atoms with Gasteiger partial charge in [0, 0.05) is 31.6 Å². The normalized spacial score (nSPS) is 20.0. The predicted octanol–water partition coefficient (Wildman–Crippen LogP) is 1.96. The Bertz CT molecular complexity index is 470. The smallest absolute Gasteiger partial charge is 0.151 e. The fraction of sp³-hybridized carbons (Fsp3) is 0.562. The number of rotatable bonds is 4.